The monoisotopic (exact) mass is 276 g/mol. The second-order valence-corrected chi connectivity index (χ2v) is 7.66. The van der Waals surface area contributed by atoms with E-state index in [0.29, 0.717) is 0 Å². The van der Waals surface area contributed by atoms with Crippen molar-refractivity contribution in [2.45, 2.75) is 38.5 Å². The van der Waals surface area contributed by atoms with E-state index in [1.54, 1.807) is 6.20 Å². The lowest BCUT2D eigenvalue weighted by Gasteiger charge is -2.22. The summed E-state index contributed by atoms with van der Waals surface area (Å²) in [7, 11) is -1.08. The lowest BCUT2D eigenvalue weighted by Crippen LogP contribution is -2.34. The van der Waals surface area contributed by atoms with Crippen LogP contribution in [0.15, 0.2) is 36.7 Å². The summed E-state index contributed by atoms with van der Waals surface area (Å²) in [5, 5.41) is 2.26. The molecule has 0 fully saturated rings. The normalized spacial score (nSPS) is 15.4. The number of pyridine rings is 1. The smallest absolute Gasteiger partial charge is 0.0975 e. The molecule has 0 bridgehead atoms. The first-order valence-electron chi connectivity index (χ1n) is 6.40. The van der Waals surface area contributed by atoms with E-state index in [4.69, 9.17) is 0 Å². The molecule has 1 N–H and O–H groups in total. The summed E-state index contributed by atoms with van der Waals surface area (Å²) < 4.78 is 15.1. The Morgan fingerprint density at radius 1 is 1.26 bits per heavy atom. The standard InChI is InChI=1S/C15H20N2OS/c1-11(17-19(18)15(2,3)4)13-7-5-6-12-8-9-16-10-14(12)13/h5-11,17H,1-4H3. The molecule has 1 heterocycles. The maximum Gasteiger partial charge on any atom is 0.0975 e. The van der Waals surface area contributed by atoms with Crippen molar-refractivity contribution in [2.24, 2.45) is 0 Å². The van der Waals surface area contributed by atoms with Gasteiger partial charge in [-0.3, -0.25) is 4.98 Å². The number of rotatable bonds is 3. The molecule has 2 rings (SSSR count). The Bertz CT molecular complexity index is 599. The van der Waals surface area contributed by atoms with Crippen LogP contribution in [0.25, 0.3) is 10.8 Å². The molecule has 2 aromatic rings. The van der Waals surface area contributed by atoms with Crippen molar-refractivity contribution in [2.75, 3.05) is 0 Å². The summed E-state index contributed by atoms with van der Waals surface area (Å²) in [4.78, 5) is 4.18. The zero-order valence-corrected chi connectivity index (χ0v) is 12.6. The van der Waals surface area contributed by atoms with Crippen molar-refractivity contribution in [1.29, 1.82) is 0 Å². The van der Waals surface area contributed by atoms with Crippen molar-refractivity contribution >= 4 is 21.8 Å². The molecule has 0 aliphatic carbocycles. The van der Waals surface area contributed by atoms with Gasteiger partial charge in [0.2, 0.25) is 0 Å². The summed E-state index contributed by atoms with van der Waals surface area (Å²) in [5.74, 6) is 0. The van der Waals surface area contributed by atoms with Gasteiger partial charge in [-0.2, -0.15) is 0 Å². The van der Waals surface area contributed by atoms with Crippen LogP contribution in [0.5, 0.6) is 0 Å². The third-order valence-corrected chi connectivity index (χ3v) is 4.70. The highest BCUT2D eigenvalue weighted by Gasteiger charge is 2.22. The second-order valence-electron chi connectivity index (χ2n) is 5.66. The molecule has 0 saturated carbocycles. The Kier molecular flexibility index (Phi) is 4.02. The van der Waals surface area contributed by atoms with Gasteiger partial charge >= 0.3 is 0 Å². The molecule has 0 radical (unpaired) electrons. The minimum atomic E-state index is -1.08. The molecule has 0 aliphatic heterocycles. The highest BCUT2D eigenvalue weighted by atomic mass is 32.2. The number of hydrogen-bond acceptors (Lipinski definition) is 2. The van der Waals surface area contributed by atoms with Crippen molar-refractivity contribution in [1.82, 2.24) is 9.71 Å². The van der Waals surface area contributed by atoms with Crippen LogP contribution in [-0.4, -0.2) is 13.9 Å². The zero-order chi connectivity index (χ0) is 14.0. The fourth-order valence-electron chi connectivity index (χ4n) is 1.92. The first-order valence-corrected chi connectivity index (χ1v) is 7.55. The third kappa shape index (κ3) is 3.19. The van der Waals surface area contributed by atoms with Crippen molar-refractivity contribution in [3.8, 4) is 0 Å². The number of fused-ring (bicyclic) bond motifs is 1. The van der Waals surface area contributed by atoms with Gasteiger partial charge in [0.25, 0.3) is 0 Å². The van der Waals surface area contributed by atoms with Crippen LogP contribution in [0.2, 0.25) is 0 Å². The average Bonchev–Trinajstić information content (AvgIpc) is 2.36. The molecular weight excluding hydrogens is 256 g/mol. The molecule has 1 aromatic carbocycles. The van der Waals surface area contributed by atoms with Gasteiger partial charge in [-0.05, 0) is 44.7 Å². The van der Waals surface area contributed by atoms with E-state index in [1.165, 1.54) is 0 Å². The lowest BCUT2D eigenvalue weighted by atomic mass is 10.0. The predicted octanol–water partition coefficient (Wildman–Crippen LogP) is 3.35. The molecule has 4 heteroatoms. The van der Waals surface area contributed by atoms with E-state index in [9.17, 15) is 4.21 Å². The highest BCUT2D eigenvalue weighted by molar-refractivity contribution is 7.84. The van der Waals surface area contributed by atoms with Gasteiger partial charge < -0.3 is 0 Å². The Labute approximate surface area is 117 Å². The van der Waals surface area contributed by atoms with Gasteiger partial charge in [-0.25, -0.2) is 8.93 Å². The number of nitrogens with one attached hydrogen (secondary N) is 1. The molecular formula is C15H20N2OS. The number of hydrogen-bond donors (Lipinski definition) is 1. The predicted molar refractivity (Wildman–Crippen MR) is 81.2 cm³/mol. The molecule has 0 amide bonds. The molecule has 2 atom stereocenters. The maximum absolute atomic E-state index is 12.2. The zero-order valence-electron chi connectivity index (χ0n) is 11.8. The van der Waals surface area contributed by atoms with Crippen molar-refractivity contribution in [3.63, 3.8) is 0 Å². The van der Waals surface area contributed by atoms with Crippen LogP contribution in [0.1, 0.15) is 39.3 Å². The third-order valence-electron chi connectivity index (χ3n) is 3.02. The molecule has 19 heavy (non-hydrogen) atoms. The SMILES string of the molecule is CC(NS(=O)C(C)(C)C)c1cccc2ccncc12. The fraction of sp³-hybridized carbons (Fsp3) is 0.400. The molecule has 102 valence electrons. The minimum absolute atomic E-state index is 0.0213. The first-order chi connectivity index (χ1) is 8.89. The Hall–Kier alpha value is -1.26. The summed E-state index contributed by atoms with van der Waals surface area (Å²) in [5.41, 5.74) is 1.13. The van der Waals surface area contributed by atoms with E-state index in [2.05, 4.69) is 21.8 Å². The minimum Gasteiger partial charge on any atom is -0.264 e. The van der Waals surface area contributed by atoms with E-state index in [0.717, 1.165) is 16.3 Å². The van der Waals surface area contributed by atoms with Gasteiger partial charge in [-0.15, -0.1) is 0 Å². The number of aromatic nitrogens is 1. The first kappa shape index (κ1) is 14.2. The van der Waals surface area contributed by atoms with Crippen molar-refractivity contribution in [3.05, 3.63) is 42.2 Å². The number of nitrogens with zero attached hydrogens (tertiary/aromatic N) is 1. The van der Waals surface area contributed by atoms with Gasteiger partial charge in [-0.1, -0.05) is 18.2 Å². The molecule has 2 unspecified atom stereocenters. The molecule has 1 aromatic heterocycles. The average molecular weight is 276 g/mol. The lowest BCUT2D eigenvalue weighted by molar-refractivity contribution is 0.617. The molecule has 0 spiro atoms. The Morgan fingerprint density at radius 3 is 2.68 bits per heavy atom. The largest absolute Gasteiger partial charge is 0.264 e. The number of benzene rings is 1. The second kappa shape index (κ2) is 5.39. The summed E-state index contributed by atoms with van der Waals surface area (Å²) >= 11 is 0. The van der Waals surface area contributed by atoms with E-state index in [-0.39, 0.29) is 10.8 Å². The maximum atomic E-state index is 12.2. The van der Waals surface area contributed by atoms with Gasteiger partial charge in [0, 0.05) is 23.8 Å². The molecule has 3 nitrogen and oxygen atoms in total. The Morgan fingerprint density at radius 2 is 2.00 bits per heavy atom. The van der Waals surface area contributed by atoms with Crippen LogP contribution in [0.4, 0.5) is 0 Å². The van der Waals surface area contributed by atoms with Gasteiger partial charge in [0.1, 0.15) is 0 Å². The summed E-state index contributed by atoms with van der Waals surface area (Å²) in [6.07, 6.45) is 3.65. The van der Waals surface area contributed by atoms with Crippen molar-refractivity contribution < 1.29 is 4.21 Å². The fourth-order valence-corrected chi connectivity index (χ4v) is 2.72. The van der Waals surface area contributed by atoms with Crippen LogP contribution in [0.3, 0.4) is 0 Å². The van der Waals surface area contributed by atoms with Crippen LogP contribution >= 0.6 is 0 Å². The quantitative estimate of drug-likeness (QED) is 0.934. The topological polar surface area (TPSA) is 42.0 Å². The van der Waals surface area contributed by atoms with Gasteiger partial charge in [0.15, 0.2) is 0 Å². The Balaban J connectivity index is 2.32. The summed E-state index contributed by atoms with van der Waals surface area (Å²) in [6, 6.07) is 8.16. The van der Waals surface area contributed by atoms with E-state index < -0.39 is 11.0 Å². The molecule has 0 aliphatic rings. The van der Waals surface area contributed by atoms with Gasteiger partial charge in [0.05, 0.1) is 15.7 Å². The van der Waals surface area contributed by atoms with E-state index >= 15 is 0 Å². The van der Waals surface area contributed by atoms with Crippen LogP contribution < -0.4 is 4.72 Å². The van der Waals surface area contributed by atoms with E-state index in [1.807, 2.05) is 46.0 Å². The molecule has 0 saturated heterocycles. The summed E-state index contributed by atoms with van der Waals surface area (Å²) in [6.45, 7) is 7.93. The highest BCUT2D eigenvalue weighted by Crippen LogP contribution is 2.24. The van der Waals surface area contributed by atoms with Crippen LogP contribution in [-0.2, 0) is 11.0 Å². The van der Waals surface area contributed by atoms with Crippen LogP contribution in [0, 0.1) is 0 Å².